The fourth-order valence-electron chi connectivity index (χ4n) is 3.99. The molecule has 2 aromatic carbocycles. The molecule has 1 atom stereocenters. The lowest BCUT2D eigenvalue weighted by Gasteiger charge is -2.18. The van der Waals surface area contributed by atoms with Crippen molar-refractivity contribution in [3.05, 3.63) is 81.2 Å². The molecule has 1 aliphatic rings. The SMILES string of the molecule is O=C(O)C(Cc1ccccc1)NCc1cccc2c3c(c(=O)oc12)CCCC3. The number of aliphatic carboxylic acids is 1. The van der Waals surface area contributed by atoms with Gasteiger partial charge < -0.3 is 9.52 Å². The molecule has 0 amide bonds. The fraction of sp³-hybridized carbons (Fsp3) is 0.304. The number of carbonyl (C=O) groups is 1. The Labute approximate surface area is 163 Å². The summed E-state index contributed by atoms with van der Waals surface area (Å²) >= 11 is 0. The first-order chi connectivity index (χ1) is 13.6. The average molecular weight is 377 g/mol. The van der Waals surface area contributed by atoms with Crippen LogP contribution >= 0.6 is 0 Å². The molecule has 0 fully saturated rings. The minimum Gasteiger partial charge on any atom is -0.480 e. The van der Waals surface area contributed by atoms with E-state index in [2.05, 4.69) is 5.32 Å². The lowest BCUT2D eigenvalue weighted by molar-refractivity contribution is -0.139. The van der Waals surface area contributed by atoms with Gasteiger partial charge >= 0.3 is 11.6 Å². The zero-order valence-corrected chi connectivity index (χ0v) is 15.6. The van der Waals surface area contributed by atoms with Gasteiger partial charge in [-0.15, -0.1) is 0 Å². The van der Waals surface area contributed by atoms with Crippen LogP contribution in [0.1, 0.15) is 35.1 Å². The molecule has 144 valence electrons. The first-order valence-corrected chi connectivity index (χ1v) is 9.70. The van der Waals surface area contributed by atoms with E-state index in [1.807, 2.05) is 48.5 Å². The zero-order valence-electron chi connectivity index (χ0n) is 15.6. The fourth-order valence-corrected chi connectivity index (χ4v) is 3.99. The summed E-state index contributed by atoms with van der Waals surface area (Å²) in [5.74, 6) is -0.900. The summed E-state index contributed by atoms with van der Waals surface area (Å²) in [4.78, 5) is 24.1. The maximum atomic E-state index is 12.4. The Bertz CT molecular complexity index is 1060. The molecule has 3 aromatic rings. The monoisotopic (exact) mass is 377 g/mol. The zero-order chi connectivity index (χ0) is 19.5. The summed E-state index contributed by atoms with van der Waals surface area (Å²) < 4.78 is 5.66. The Balaban J connectivity index is 1.61. The molecule has 4 rings (SSSR count). The second-order valence-corrected chi connectivity index (χ2v) is 7.31. The topological polar surface area (TPSA) is 79.5 Å². The van der Waals surface area contributed by atoms with Crippen LogP contribution in [0.2, 0.25) is 0 Å². The Kier molecular flexibility index (Phi) is 5.26. The lowest BCUT2D eigenvalue weighted by Crippen LogP contribution is -2.38. The summed E-state index contributed by atoms with van der Waals surface area (Å²) in [5, 5.41) is 13.7. The molecular weight excluding hydrogens is 354 g/mol. The minimum absolute atomic E-state index is 0.256. The number of fused-ring (bicyclic) bond motifs is 3. The molecular formula is C23H23NO4. The first-order valence-electron chi connectivity index (χ1n) is 9.70. The van der Waals surface area contributed by atoms with Gasteiger partial charge in [0.1, 0.15) is 11.6 Å². The number of nitrogens with one attached hydrogen (secondary N) is 1. The van der Waals surface area contributed by atoms with Crippen molar-refractivity contribution in [2.75, 3.05) is 0 Å². The van der Waals surface area contributed by atoms with Gasteiger partial charge in [0.15, 0.2) is 0 Å². The third-order valence-corrected chi connectivity index (χ3v) is 5.45. The predicted molar refractivity (Wildman–Crippen MR) is 108 cm³/mol. The van der Waals surface area contributed by atoms with Crippen molar-refractivity contribution < 1.29 is 14.3 Å². The van der Waals surface area contributed by atoms with E-state index in [-0.39, 0.29) is 5.63 Å². The van der Waals surface area contributed by atoms with Gasteiger partial charge in [0, 0.05) is 23.1 Å². The van der Waals surface area contributed by atoms with Gasteiger partial charge in [-0.2, -0.15) is 0 Å². The van der Waals surface area contributed by atoms with Gasteiger partial charge in [-0.3, -0.25) is 10.1 Å². The van der Waals surface area contributed by atoms with E-state index in [1.54, 1.807) is 0 Å². The van der Waals surface area contributed by atoms with E-state index in [0.717, 1.165) is 53.3 Å². The highest BCUT2D eigenvalue weighted by atomic mass is 16.4. The second kappa shape index (κ2) is 7.98. The van der Waals surface area contributed by atoms with Crippen molar-refractivity contribution in [1.82, 2.24) is 5.32 Å². The Morgan fingerprint density at radius 2 is 1.79 bits per heavy atom. The highest BCUT2D eigenvalue weighted by Crippen LogP contribution is 2.28. The molecule has 28 heavy (non-hydrogen) atoms. The van der Waals surface area contributed by atoms with Crippen LogP contribution in [0.25, 0.3) is 11.0 Å². The van der Waals surface area contributed by atoms with E-state index >= 15 is 0 Å². The van der Waals surface area contributed by atoms with Crippen LogP contribution in [-0.2, 0) is 30.6 Å². The largest absolute Gasteiger partial charge is 0.480 e. The third kappa shape index (κ3) is 3.71. The first kappa shape index (κ1) is 18.4. The maximum absolute atomic E-state index is 12.4. The van der Waals surface area contributed by atoms with E-state index in [0.29, 0.717) is 18.5 Å². The summed E-state index contributed by atoms with van der Waals surface area (Å²) in [5.41, 5.74) is 3.98. The van der Waals surface area contributed by atoms with Crippen molar-refractivity contribution in [2.24, 2.45) is 0 Å². The smallest absolute Gasteiger partial charge is 0.339 e. The van der Waals surface area contributed by atoms with Crippen LogP contribution in [0, 0.1) is 0 Å². The maximum Gasteiger partial charge on any atom is 0.339 e. The van der Waals surface area contributed by atoms with E-state index in [1.165, 1.54) is 0 Å². The van der Waals surface area contributed by atoms with Crippen molar-refractivity contribution >= 4 is 16.9 Å². The van der Waals surface area contributed by atoms with Gasteiger partial charge in [0.25, 0.3) is 0 Å². The number of carboxylic acid groups (broad SMARTS) is 1. The predicted octanol–water partition coefficient (Wildman–Crippen LogP) is 3.46. The van der Waals surface area contributed by atoms with Crippen LogP contribution in [0.4, 0.5) is 0 Å². The van der Waals surface area contributed by atoms with Crippen molar-refractivity contribution in [2.45, 2.75) is 44.7 Å². The molecule has 1 heterocycles. The van der Waals surface area contributed by atoms with Crippen LogP contribution in [-0.4, -0.2) is 17.1 Å². The Morgan fingerprint density at radius 1 is 1.04 bits per heavy atom. The molecule has 1 unspecified atom stereocenters. The molecule has 0 saturated heterocycles. The molecule has 5 nitrogen and oxygen atoms in total. The Morgan fingerprint density at radius 3 is 2.54 bits per heavy atom. The van der Waals surface area contributed by atoms with Crippen molar-refractivity contribution in [1.29, 1.82) is 0 Å². The normalized spacial score (nSPS) is 14.6. The van der Waals surface area contributed by atoms with Gasteiger partial charge in [-0.1, -0.05) is 48.5 Å². The highest BCUT2D eigenvalue weighted by molar-refractivity contribution is 5.84. The number of hydrogen-bond donors (Lipinski definition) is 2. The molecule has 1 aliphatic carbocycles. The number of carboxylic acids is 1. The summed E-state index contributed by atoms with van der Waals surface area (Å²) in [6, 6.07) is 14.6. The molecule has 1 aromatic heterocycles. The minimum atomic E-state index is -0.900. The molecule has 0 bridgehead atoms. The molecule has 5 heteroatoms. The van der Waals surface area contributed by atoms with E-state index in [4.69, 9.17) is 4.42 Å². The third-order valence-electron chi connectivity index (χ3n) is 5.45. The summed E-state index contributed by atoms with van der Waals surface area (Å²) in [7, 11) is 0. The molecule has 0 spiro atoms. The van der Waals surface area contributed by atoms with Crippen LogP contribution in [0.5, 0.6) is 0 Å². The van der Waals surface area contributed by atoms with Gasteiger partial charge in [-0.25, -0.2) is 4.79 Å². The number of para-hydroxylation sites is 1. The number of benzene rings is 2. The van der Waals surface area contributed by atoms with Crippen molar-refractivity contribution in [3.8, 4) is 0 Å². The molecule has 2 N–H and O–H groups in total. The van der Waals surface area contributed by atoms with Gasteiger partial charge in [0.2, 0.25) is 0 Å². The number of aryl methyl sites for hydroxylation is 1. The van der Waals surface area contributed by atoms with Crippen LogP contribution in [0.3, 0.4) is 0 Å². The lowest BCUT2D eigenvalue weighted by atomic mass is 9.90. The number of hydrogen-bond acceptors (Lipinski definition) is 4. The van der Waals surface area contributed by atoms with Crippen LogP contribution in [0.15, 0.2) is 57.7 Å². The van der Waals surface area contributed by atoms with Crippen molar-refractivity contribution in [3.63, 3.8) is 0 Å². The Hall–Kier alpha value is -2.92. The molecule has 0 radical (unpaired) electrons. The number of rotatable bonds is 6. The van der Waals surface area contributed by atoms with E-state index in [9.17, 15) is 14.7 Å². The van der Waals surface area contributed by atoms with Gasteiger partial charge in [-0.05, 0) is 43.2 Å². The van der Waals surface area contributed by atoms with Crippen LogP contribution < -0.4 is 10.9 Å². The molecule has 0 saturated carbocycles. The second-order valence-electron chi connectivity index (χ2n) is 7.31. The quantitative estimate of drug-likeness (QED) is 0.643. The van der Waals surface area contributed by atoms with Gasteiger partial charge in [0.05, 0.1) is 0 Å². The highest BCUT2D eigenvalue weighted by Gasteiger charge is 2.21. The van der Waals surface area contributed by atoms with E-state index < -0.39 is 12.0 Å². The summed E-state index contributed by atoms with van der Waals surface area (Å²) in [6.07, 6.45) is 4.14. The molecule has 0 aliphatic heterocycles. The standard InChI is InChI=1S/C23H23NO4/c25-22(26)20(13-15-7-2-1-3-8-15)24-14-16-9-6-12-18-17-10-4-5-11-19(17)23(27)28-21(16)18/h1-3,6-9,12,20,24H,4-5,10-11,13-14H2,(H,25,26). The average Bonchev–Trinajstić information content (AvgIpc) is 2.72. The summed E-state index contributed by atoms with van der Waals surface area (Å²) in [6.45, 7) is 0.322.